The van der Waals surface area contributed by atoms with Crippen LogP contribution in [-0.4, -0.2) is 46.2 Å². The molecule has 1 fully saturated rings. The van der Waals surface area contributed by atoms with E-state index >= 15 is 0 Å². The van der Waals surface area contributed by atoms with Crippen LogP contribution in [0.4, 0.5) is 0 Å². The second kappa shape index (κ2) is 5.57. The second-order valence-electron chi connectivity index (χ2n) is 6.73. The van der Waals surface area contributed by atoms with E-state index in [1.807, 2.05) is 0 Å². The van der Waals surface area contributed by atoms with E-state index in [1.165, 1.54) is 0 Å². The van der Waals surface area contributed by atoms with Crippen LogP contribution < -0.4 is 5.32 Å². The van der Waals surface area contributed by atoms with Crippen molar-refractivity contribution in [3.8, 4) is 0 Å². The van der Waals surface area contributed by atoms with Gasteiger partial charge in [-0.25, -0.2) is 0 Å². The summed E-state index contributed by atoms with van der Waals surface area (Å²) in [5, 5.41) is 12.7. The fourth-order valence-corrected chi connectivity index (χ4v) is 2.43. The third-order valence-corrected chi connectivity index (χ3v) is 3.67. The van der Waals surface area contributed by atoms with Gasteiger partial charge in [-0.1, -0.05) is 0 Å². The summed E-state index contributed by atoms with van der Waals surface area (Å²) < 4.78 is 0. The monoisotopic (exact) mass is 256 g/mol. The lowest BCUT2D eigenvalue weighted by molar-refractivity contribution is -0.127. The highest BCUT2D eigenvalue weighted by Gasteiger charge is 2.33. The van der Waals surface area contributed by atoms with Crippen LogP contribution in [0.25, 0.3) is 0 Å². The fraction of sp³-hybridized carbons (Fsp3) is 0.929. The van der Waals surface area contributed by atoms with Gasteiger partial charge in [-0.15, -0.1) is 0 Å². The van der Waals surface area contributed by atoms with Gasteiger partial charge in [-0.2, -0.15) is 0 Å². The average molecular weight is 256 g/mol. The van der Waals surface area contributed by atoms with Crippen LogP contribution in [0.2, 0.25) is 0 Å². The average Bonchev–Trinajstić information content (AvgIpc) is 2.13. The van der Waals surface area contributed by atoms with Crippen LogP contribution in [0.5, 0.6) is 0 Å². The van der Waals surface area contributed by atoms with Gasteiger partial charge in [-0.05, 0) is 47.5 Å². The standard InChI is InChI=1S/C14H28N2O2/c1-11(2)16-8-6-14(5,7-9-16)15-12(17)10-13(3,4)18/h11,18H,6-10H2,1-5H3,(H,15,17). The summed E-state index contributed by atoms with van der Waals surface area (Å²) in [6.45, 7) is 11.9. The quantitative estimate of drug-likeness (QED) is 0.802. The van der Waals surface area contributed by atoms with Crippen molar-refractivity contribution in [3.63, 3.8) is 0 Å². The number of carbonyl (C=O) groups is 1. The molecular weight excluding hydrogens is 228 g/mol. The van der Waals surface area contributed by atoms with E-state index < -0.39 is 5.60 Å². The molecule has 1 saturated heterocycles. The summed E-state index contributed by atoms with van der Waals surface area (Å²) in [5.74, 6) is -0.0528. The Labute approximate surface area is 111 Å². The maximum Gasteiger partial charge on any atom is 0.223 e. The van der Waals surface area contributed by atoms with Crippen LogP contribution in [0.3, 0.4) is 0 Å². The Kier molecular flexibility index (Phi) is 4.78. The van der Waals surface area contributed by atoms with Gasteiger partial charge in [0, 0.05) is 24.7 Å². The molecule has 0 aliphatic carbocycles. The molecule has 0 radical (unpaired) electrons. The Morgan fingerprint density at radius 2 is 1.89 bits per heavy atom. The minimum absolute atomic E-state index is 0.0528. The smallest absolute Gasteiger partial charge is 0.223 e. The molecule has 1 amide bonds. The van der Waals surface area contributed by atoms with Crippen molar-refractivity contribution in [2.24, 2.45) is 0 Å². The van der Waals surface area contributed by atoms with E-state index in [2.05, 4.69) is 31.0 Å². The minimum Gasteiger partial charge on any atom is -0.390 e. The zero-order valence-electron chi connectivity index (χ0n) is 12.4. The molecule has 1 rings (SSSR count). The molecular formula is C14H28N2O2. The van der Waals surface area contributed by atoms with Crippen molar-refractivity contribution < 1.29 is 9.90 Å². The van der Waals surface area contributed by atoms with Crippen molar-refractivity contribution in [1.29, 1.82) is 0 Å². The number of aliphatic hydroxyl groups is 1. The molecule has 0 aromatic carbocycles. The molecule has 18 heavy (non-hydrogen) atoms. The predicted molar refractivity (Wildman–Crippen MR) is 73.4 cm³/mol. The largest absolute Gasteiger partial charge is 0.390 e. The molecule has 106 valence electrons. The van der Waals surface area contributed by atoms with Gasteiger partial charge in [0.1, 0.15) is 0 Å². The number of carbonyl (C=O) groups excluding carboxylic acids is 1. The van der Waals surface area contributed by atoms with Crippen molar-refractivity contribution in [2.45, 2.75) is 71.1 Å². The van der Waals surface area contributed by atoms with E-state index in [9.17, 15) is 9.90 Å². The molecule has 1 aliphatic rings. The summed E-state index contributed by atoms with van der Waals surface area (Å²) in [6.07, 6.45) is 2.11. The highest BCUT2D eigenvalue weighted by Crippen LogP contribution is 2.23. The number of hydrogen-bond donors (Lipinski definition) is 2. The number of likely N-dealkylation sites (tertiary alicyclic amines) is 1. The summed E-state index contributed by atoms with van der Waals surface area (Å²) >= 11 is 0. The van der Waals surface area contributed by atoms with Crippen molar-refractivity contribution in [3.05, 3.63) is 0 Å². The molecule has 2 N–H and O–H groups in total. The normalized spacial score (nSPS) is 21.1. The van der Waals surface area contributed by atoms with Gasteiger partial charge in [0.25, 0.3) is 0 Å². The fourth-order valence-electron chi connectivity index (χ4n) is 2.43. The summed E-state index contributed by atoms with van der Waals surface area (Å²) in [4.78, 5) is 14.3. The zero-order valence-corrected chi connectivity index (χ0v) is 12.4. The van der Waals surface area contributed by atoms with Crippen LogP contribution in [-0.2, 0) is 4.79 Å². The number of nitrogens with zero attached hydrogens (tertiary/aromatic N) is 1. The molecule has 0 aromatic rings. The first-order valence-corrected chi connectivity index (χ1v) is 6.89. The third-order valence-electron chi connectivity index (χ3n) is 3.67. The van der Waals surface area contributed by atoms with E-state index in [1.54, 1.807) is 13.8 Å². The number of amides is 1. The van der Waals surface area contributed by atoms with Crippen molar-refractivity contribution in [2.75, 3.05) is 13.1 Å². The molecule has 1 heterocycles. The topological polar surface area (TPSA) is 52.6 Å². The first-order valence-electron chi connectivity index (χ1n) is 6.89. The maximum atomic E-state index is 11.9. The molecule has 4 heteroatoms. The second-order valence-corrected chi connectivity index (χ2v) is 6.73. The maximum absolute atomic E-state index is 11.9. The van der Waals surface area contributed by atoms with Crippen LogP contribution in [0.15, 0.2) is 0 Å². The zero-order chi connectivity index (χ0) is 14.0. The van der Waals surface area contributed by atoms with Gasteiger partial charge in [0.2, 0.25) is 5.91 Å². The lowest BCUT2D eigenvalue weighted by atomic mass is 9.88. The van der Waals surface area contributed by atoms with Gasteiger partial charge in [0.15, 0.2) is 0 Å². The van der Waals surface area contributed by atoms with E-state index in [-0.39, 0.29) is 17.9 Å². The molecule has 0 aromatic heterocycles. The summed E-state index contributed by atoms with van der Waals surface area (Å²) in [6, 6.07) is 0.571. The lowest BCUT2D eigenvalue weighted by Crippen LogP contribution is -2.55. The molecule has 4 nitrogen and oxygen atoms in total. The number of hydrogen-bond acceptors (Lipinski definition) is 3. The predicted octanol–water partition coefficient (Wildman–Crippen LogP) is 1.53. The van der Waals surface area contributed by atoms with Gasteiger partial charge >= 0.3 is 0 Å². The third kappa shape index (κ3) is 4.94. The first kappa shape index (κ1) is 15.4. The SMILES string of the molecule is CC(C)N1CCC(C)(NC(=O)CC(C)(C)O)CC1. The van der Waals surface area contributed by atoms with Crippen molar-refractivity contribution >= 4 is 5.91 Å². The highest BCUT2D eigenvalue weighted by atomic mass is 16.3. The van der Waals surface area contributed by atoms with Crippen LogP contribution >= 0.6 is 0 Å². The van der Waals surface area contributed by atoms with E-state index in [0.717, 1.165) is 25.9 Å². The number of piperidine rings is 1. The Morgan fingerprint density at radius 1 is 1.39 bits per heavy atom. The Morgan fingerprint density at radius 3 is 2.28 bits per heavy atom. The summed E-state index contributed by atoms with van der Waals surface area (Å²) in [7, 11) is 0. The Balaban J connectivity index is 2.45. The van der Waals surface area contributed by atoms with Gasteiger partial charge < -0.3 is 15.3 Å². The highest BCUT2D eigenvalue weighted by molar-refractivity contribution is 5.77. The molecule has 0 atom stereocenters. The number of rotatable bonds is 4. The Hall–Kier alpha value is -0.610. The lowest BCUT2D eigenvalue weighted by Gasteiger charge is -2.41. The molecule has 0 spiro atoms. The first-order chi connectivity index (χ1) is 8.11. The van der Waals surface area contributed by atoms with Crippen molar-refractivity contribution in [1.82, 2.24) is 10.2 Å². The van der Waals surface area contributed by atoms with Gasteiger partial charge in [0.05, 0.1) is 12.0 Å². The molecule has 0 unspecified atom stereocenters. The van der Waals surface area contributed by atoms with Crippen LogP contribution in [0.1, 0.15) is 53.9 Å². The number of nitrogens with one attached hydrogen (secondary N) is 1. The van der Waals surface area contributed by atoms with E-state index in [4.69, 9.17) is 0 Å². The van der Waals surface area contributed by atoms with Crippen LogP contribution in [0, 0.1) is 0 Å². The molecule has 0 saturated carbocycles. The Bertz CT molecular complexity index is 287. The molecule has 1 aliphatic heterocycles. The summed E-state index contributed by atoms with van der Waals surface area (Å²) in [5.41, 5.74) is -1.05. The minimum atomic E-state index is -0.931. The van der Waals surface area contributed by atoms with E-state index in [0.29, 0.717) is 6.04 Å². The molecule has 0 bridgehead atoms. The van der Waals surface area contributed by atoms with Gasteiger partial charge in [-0.3, -0.25) is 4.79 Å².